The van der Waals surface area contributed by atoms with E-state index in [1.54, 1.807) is 22.8 Å². The summed E-state index contributed by atoms with van der Waals surface area (Å²) in [5.74, 6) is -0.398. The molecule has 0 amide bonds. The zero-order chi connectivity index (χ0) is 22.6. The van der Waals surface area contributed by atoms with Gasteiger partial charge in [0.15, 0.2) is 5.65 Å². The number of carboxylic acid groups (broad SMARTS) is 2. The molecule has 11 heteroatoms. The Morgan fingerprint density at radius 3 is 2.65 bits per heavy atom. The third-order valence-corrected chi connectivity index (χ3v) is 5.46. The maximum Gasteiger partial charge on any atom is 0.314 e. The zero-order valence-corrected chi connectivity index (χ0v) is 16.9. The van der Waals surface area contributed by atoms with E-state index in [4.69, 9.17) is 15.6 Å². The van der Waals surface area contributed by atoms with Crippen LogP contribution in [-0.4, -0.2) is 66.7 Å². The summed E-state index contributed by atoms with van der Waals surface area (Å²) in [6.45, 7) is 0.273. The Balaban J connectivity index is 0.000000858. The van der Waals surface area contributed by atoms with E-state index < -0.39 is 17.5 Å². The number of aliphatic carboxylic acids is 1. The van der Waals surface area contributed by atoms with Gasteiger partial charge in [0.2, 0.25) is 5.95 Å². The highest BCUT2D eigenvalue weighted by atomic mass is 16.4. The van der Waals surface area contributed by atoms with Gasteiger partial charge in [0.1, 0.15) is 11.2 Å². The number of aryl methyl sites for hydroxylation is 1. The van der Waals surface area contributed by atoms with Crippen molar-refractivity contribution in [2.75, 3.05) is 23.7 Å². The van der Waals surface area contributed by atoms with Gasteiger partial charge in [0.05, 0.1) is 17.7 Å². The number of hydrogen-bond donors (Lipinski definition) is 4. The second-order valence-corrected chi connectivity index (χ2v) is 7.37. The molecule has 164 valence electrons. The largest absolute Gasteiger partial charge is 0.483 e. The fraction of sp³-hybridized carbons (Fsp3) is 0.350. The normalized spacial score (nSPS) is 20.7. The Hall–Kier alpha value is -3.73. The predicted octanol–water partition coefficient (Wildman–Crippen LogP) is 0.531. The molecule has 4 rings (SSSR count). The van der Waals surface area contributed by atoms with Gasteiger partial charge in [-0.25, -0.2) is 0 Å². The van der Waals surface area contributed by atoms with Crippen LogP contribution in [0.25, 0.3) is 11.0 Å². The molecule has 1 saturated heterocycles. The number of nitrogen functional groups attached to an aromatic ring is 1. The molecule has 11 nitrogen and oxygen atoms in total. The molecule has 0 radical (unpaired) electrons. The van der Waals surface area contributed by atoms with Gasteiger partial charge in [-0.3, -0.25) is 14.3 Å². The average molecular weight is 428 g/mol. The van der Waals surface area contributed by atoms with E-state index >= 15 is 0 Å². The number of piperidine rings is 1. The summed E-state index contributed by atoms with van der Waals surface area (Å²) in [7, 11) is 1.76. The second-order valence-electron chi connectivity index (χ2n) is 7.37. The van der Waals surface area contributed by atoms with E-state index in [2.05, 4.69) is 15.1 Å². The van der Waals surface area contributed by atoms with Crippen LogP contribution in [0.15, 0.2) is 36.5 Å². The number of fused-ring (bicyclic) bond motifs is 1. The van der Waals surface area contributed by atoms with Gasteiger partial charge < -0.3 is 26.0 Å². The monoisotopic (exact) mass is 428 g/mol. The molecular formula is C20H24N6O5. The van der Waals surface area contributed by atoms with Gasteiger partial charge in [-0.1, -0.05) is 30.3 Å². The Morgan fingerprint density at radius 2 is 2.00 bits per heavy atom. The summed E-state index contributed by atoms with van der Waals surface area (Å²) in [5.41, 5.74) is 6.13. The van der Waals surface area contributed by atoms with E-state index in [9.17, 15) is 15.0 Å². The molecular weight excluding hydrogens is 404 g/mol. The fourth-order valence-electron chi connectivity index (χ4n) is 3.84. The summed E-state index contributed by atoms with van der Waals surface area (Å²) in [6, 6.07) is 9.33. The molecule has 1 aromatic carbocycles. The van der Waals surface area contributed by atoms with Crippen LogP contribution in [-0.2, 0) is 23.1 Å². The van der Waals surface area contributed by atoms with Crippen molar-refractivity contribution in [3.8, 4) is 0 Å². The van der Waals surface area contributed by atoms with E-state index in [1.807, 2.05) is 30.3 Å². The first-order valence-corrected chi connectivity index (χ1v) is 9.55. The minimum Gasteiger partial charge on any atom is -0.483 e. The van der Waals surface area contributed by atoms with Crippen LogP contribution < -0.4 is 10.6 Å². The topological polar surface area (TPSA) is 168 Å². The van der Waals surface area contributed by atoms with Gasteiger partial charge in [-0.2, -0.15) is 15.1 Å². The van der Waals surface area contributed by atoms with Gasteiger partial charge >= 0.3 is 5.97 Å². The number of hydrogen-bond acceptors (Lipinski definition) is 8. The lowest BCUT2D eigenvalue weighted by Crippen LogP contribution is -2.57. The third kappa shape index (κ3) is 4.26. The molecule has 3 heterocycles. The van der Waals surface area contributed by atoms with Gasteiger partial charge in [0.25, 0.3) is 6.47 Å². The minimum absolute atomic E-state index is 0.0845. The van der Waals surface area contributed by atoms with Crippen molar-refractivity contribution < 1.29 is 24.9 Å². The molecule has 1 aliphatic rings. The van der Waals surface area contributed by atoms with Crippen LogP contribution in [0, 0.1) is 5.41 Å². The predicted molar refractivity (Wildman–Crippen MR) is 112 cm³/mol. The molecule has 1 aliphatic heterocycles. The lowest BCUT2D eigenvalue weighted by molar-refractivity contribution is -0.157. The van der Waals surface area contributed by atoms with Crippen LogP contribution in [0.4, 0.5) is 11.8 Å². The van der Waals surface area contributed by atoms with Crippen molar-refractivity contribution in [2.24, 2.45) is 12.5 Å². The number of nitrogens with zero attached hydrogens (tertiary/aromatic N) is 5. The summed E-state index contributed by atoms with van der Waals surface area (Å²) in [5, 5.41) is 32.4. The number of carboxylic acids is 1. The molecule has 3 aromatic rings. The van der Waals surface area contributed by atoms with Crippen LogP contribution in [0.1, 0.15) is 12.0 Å². The average Bonchev–Trinajstić information content (AvgIpc) is 3.12. The van der Waals surface area contributed by atoms with Crippen molar-refractivity contribution in [3.05, 3.63) is 42.1 Å². The Bertz CT molecular complexity index is 1070. The Morgan fingerprint density at radius 1 is 1.32 bits per heavy atom. The first-order valence-electron chi connectivity index (χ1n) is 9.55. The third-order valence-electron chi connectivity index (χ3n) is 5.46. The van der Waals surface area contributed by atoms with Crippen LogP contribution in [0.5, 0.6) is 0 Å². The van der Waals surface area contributed by atoms with Crippen LogP contribution >= 0.6 is 0 Å². The van der Waals surface area contributed by atoms with Gasteiger partial charge in [-0.15, -0.1) is 0 Å². The fourth-order valence-corrected chi connectivity index (χ4v) is 3.84. The molecule has 0 unspecified atom stereocenters. The summed E-state index contributed by atoms with van der Waals surface area (Å²) < 4.78 is 1.60. The Labute approximate surface area is 177 Å². The molecule has 31 heavy (non-hydrogen) atoms. The van der Waals surface area contributed by atoms with Gasteiger partial charge in [-0.05, 0) is 18.4 Å². The Kier molecular flexibility index (Phi) is 6.35. The molecule has 2 aromatic heterocycles. The maximum atomic E-state index is 12.3. The number of aliphatic hydroxyl groups is 1. The number of aliphatic hydroxyl groups excluding tert-OH is 1. The molecule has 0 aliphatic carbocycles. The first-order chi connectivity index (χ1) is 14.8. The van der Waals surface area contributed by atoms with E-state index in [1.165, 1.54) is 0 Å². The van der Waals surface area contributed by atoms with Crippen molar-refractivity contribution in [1.82, 2.24) is 19.7 Å². The van der Waals surface area contributed by atoms with Crippen molar-refractivity contribution in [2.45, 2.75) is 18.9 Å². The highest BCUT2D eigenvalue weighted by Gasteiger charge is 2.49. The van der Waals surface area contributed by atoms with Crippen LogP contribution in [0.3, 0.4) is 0 Å². The van der Waals surface area contributed by atoms with Crippen LogP contribution in [0.2, 0.25) is 0 Å². The number of benzene rings is 1. The quantitative estimate of drug-likeness (QED) is 0.430. The molecule has 0 saturated carbocycles. The number of aromatic nitrogens is 4. The number of anilines is 2. The SMILES string of the molecule is Cn1ncc2c(N)nc(N3CC[C@@H](O)[C@](Cc4ccccc4)(C(=O)O)C3)nc21.O=CO. The highest BCUT2D eigenvalue weighted by molar-refractivity contribution is 5.86. The summed E-state index contributed by atoms with van der Waals surface area (Å²) in [4.78, 5) is 31.3. The second kappa shape index (κ2) is 8.96. The summed E-state index contributed by atoms with van der Waals surface area (Å²) >= 11 is 0. The molecule has 2 atom stereocenters. The van der Waals surface area contributed by atoms with Crippen molar-refractivity contribution in [1.29, 1.82) is 0 Å². The van der Waals surface area contributed by atoms with E-state index in [-0.39, 0.29) is 19.4 Å². The smallest absolute Gasteiger partial charge is 0.314 e. The molecule has 5 N–H and O–H groups in total. The van der Waals surface area contributed by atoms with E-state index in [0.29, 0.717) is 35.8 Å². The lowest BCUT2D eigenvalue weighted by Gasteiger charge is -2.43. The zero-order valence-electron chi connectivity index (χ0n) is 16.9. The minimum atomic E-state index is -1.36. The molecule has 1 fully saturated rings. The standard InChI is InChI=1S/C19H22N6O3.CH2O2/c1-24-16-13(10-21-24)15(20)22-18(23-16)25-8-7-14(26)19(11-25,17(27)28)9-12-5-3-2-4-6-12;2-1-3/h2-6,10,14,26H,7-9,11H2,1H3,(H,27,28)(H2,20,22,23);1H,(H,2,3)/t14-,19-;/m1./s1. The number of carbonyl (C=O) groups is 2. The molecule has 0 bridgehead atoms. The molecule has 0 spiro atoms. The van der Waals surface area contributed by atoms with Gasteiger partial charge in [0, 0.05) is 20.1 Å². The number of rotatable bonds is 4. The maximum absolute atomic E-state index is 12.3. The highest BCUT2D eigenvalue weighted by Crippen LogP contribution is 2.36. The number of nitrogens with two attached hydrogens (primary N) is 1. The van der Waals surface area contributed by atoms with E-state index in [0.717, 1.165) is 5.56 Å². The van der Waals surface area contributed by atoms with Crippen molar-refractivity contribution in [3.63, 3.8) is 0 Å². The van der Waals surface area contributed by atoms with Crippen molar-refractivity contribution >= 4 is 35.2 Å². The summed E-state index contributed by atoms with van der Waals surface area (Å²) in [6.07, 6.45) is 1.14. The lowest BCUT2D eigenvalue weighted by atomic mass is 9.73. The first kappa shape index (κ1) is 22.0.